The predicted molar refractivity (Wildman–Crippen MR) is 122 cm³/mol. The van der Waals surface area contributed by atoms with E-state index in [-0.39, 0.29) is 11.9 Å². The van der Waals surface area contributed by atoms with E-state index in [1.54, 1.807) is 11.1 Å². The molecule has 3 heteroatoms. The number of hydrogen-bond donors (Lipinski definition) is 1. The van der Waals surface area contributed by atoms with Crippen molar-refractivity contribution in [3.63, 3.8) is 0 Å². The fourth-order valence-corrected chi connectivity index (χ4v) is 10.1. The van der Waals surface area contributed by atoms with Crippen molar-refractivity contribution in [3.05, 3.63) is 11.1 Å². The molecule has 0 bridgehead atoms. The normalized spacial score (nSPS) is 58.6. The van der Waals surface area contributed by atoms with Crippen LogP contribution in [0, 0.1) is 46.3 Å². The minimum absolute atomic E-state index is 0.113. The predicted octanol–water partition coefficient (Wildman–Crippen LogP) is 6.10. The van der Waals surface area contributed by atoms with Gasteiger partial charge in [-0.1, -0.05) is 38.8 Å². The van der Waals surface area contributed by atoms with E-state index in [1.807, 2.05) is 0 Å². The highest BCUT2D eigenvalue weighted by Crippen LogP contribution is 2.71. The lowest BCUT2D eigenvalue weighted by Crippen LogP contribution is -2.53. The molecule has 31 heavy (non-hydrogen) atoms. The van der Waals surface area contributed by atoms with E-state index < -0.39 is 0 Å². The highest BCUT2D eigenvalue weighted by Gasteiger charge is 2.68. The van der Waals surface area contributed by atoms with Crippen LogP contribution in [0.5, 0.6) is 0 Å². The number of aliphatic hydroxyl groups is 1. The average Bonchev–Trinajstić information content (AvgIpc) is 3.17. The van der Waals surface area contributed by atoms with Gasteiger partial charge in [-0.2, -0.15) is 0 Å². The summed E-state index contributed by atoms with van der Waals surface area (Å²) in [7, 11) is 0. The minimum atomic E-state index is -0.298. The van der Waals surface area contributed by atoms with Crippen LogP contribution in [0.2, 0.25) is 0 Å². The van der Waals surface area contributed by atoms with Gasteiger partial charge in [0.1, 0.15) is 0 Å². The molecule has 3 nitrogen and oxygen atoms in total. The molecule has 1 spiro atoms. The number of allylic oxidation sites excluding steroid dienone is 1. The molecule has 3 saturated carbocycles. The highest BCUT2D eigenvalue weighted by molar-refractivity contribution is 5.31. The van der Waals surface area contributed by atoms with E-state index in [0.717, 1.165) is 43.6 Å². The maximum absolute atomic E-state index is 10.4. The molecule has 5 fully saturated rings. The number of hydrogen-bond acceptors (Lipinski definition) is 3. The molecule has 6 aliphatic rings. The van der Waals surface area contributed by atoms with Crippen molar-refractivity contribution in [1.82, 2.24) is 0 Å². The van der Waals surface area contributed by atoms with Crippen LogP contribution in [0.1, 0.15) is 92.4 Å². The maximum Gasteiger partial charge on any atom is 0.171 e. The lowest BCUT2D eigenvalue weighted by atomic mass is 9.46. The summed E-state index contributed by atoms with van der Waals surface area (Å²) < 4.78 is 13.4. The van der Waals surface area contributed by atoms with Gasteiger partial charge in [0.05, 0.1) is 18.8 Å². The quantitative estimate of drug-likeness (QED) is 0.474. The van der Waals surface area contributed by atoms with Crippen LogP contribution in [0.15, 0.2) is 11.1 Å². The van der Waals surface area contributed by atoms with E-state index in [9.17, 15) is 5.11 Å². The monoisotopic (exact) mass is 428 g/mol. The van der Waals surface area contributed by atoms with E-state index in [0.29, 0.717) is 34.7 Å². The van der Waals surface area contributed by atoms with Gasteiger partial charge >= 0.3 is 0 Å². The fourth-order valence-electron chi connectivity index (χ4n) is 10.1. The van der Waals surface area contributed by atoms with Gasteiger partial charge in [-0.3, -0.25) is 0 Å². The summed E-state index contributed by atoms with van der Waals surface area (Å²) >= 11 is 0. The topological polar surface area (TPSA) is 38.7 Å². The maximum atomic E-state index is 10.4. The van der Waals surface area contributed by atoms with Crippen molar-refractivity contribution in [2.45, 2.75) is 110 Å². The van der Waals surface area contributed by atoms with Crippen LogP contribution < -0.4 is 0 Å². The van der Waals surface area contributed by atoms with Crippen LogP contribution in [-0.2, 0) is 9.47 Å². The van der Waals surface area contributed by atoms with Crippen LogP contribution in [-0.4, -0.2) is 29.7 Å². The Bertz CT molecular complexity index is 779. The van der Waals surface area contributed by atoms with E-state index in [4.69, 9.17) is 9.47 Å². The summed E-state index contributed by atoms with van der Waals surface area (Å²) in [5.74, 6) is 3.91. The number of fused-ring (bicyclic) bond motifs is 7. The fraction of sp³-hybridized carbons (Fsp3) is 0.929. The average molecular weight is 429 g/mol. The zero-order chi connectivity index (χ0) is 21.8. The number of ether oxygens (including phenoxy) is 2. The molecule has 174 valence electrons. The van der Waals surface area contributed by atoms with Crippen molar-refractivity contribution in [2.24, 2.45) is 46.3 Å². The number of aliphatic hydroxyl groups excluding tert-OH is 1. The smallest absolute Gasteiger partial charge is 0.171 e. The third-order valence-corrected chi connectivity index (χ3v) is 11.7. The zero-order valence-corrected chi connectivity index (χ0v) is 20.5. The van der Waals surface area contributed by atoms with E-state index in [1.165, 1.54) is 38.5 Å². The van der Waals surface area contributed by atoms with Crippen molar-refractivity contribution in [3.8, 4) is 0 Å². The Morgan fingerprint density at radius 3 is 2.52 bits per heavy atom. The van der Waals surface area contributed by atoms with Crippen LogP contribution in [0.25, 0.3) is 0 Å². The molecular formula is C28H44O3. The Hall–Kier alpha value is -0.380. The first-order chi connectivity index (χ1) is 14.7. The van der Waals surface area contributed by atoms with Crippen LogP contribution >= 0.6 is 0 Å². The molecule has 0 aromatic carbocycles. The lowest BCUT2D eigenvalue weighted by molar-refractivity contribution is -0.272. The molecule has 2 saturated heterocycles. The van der Waals surface area contributed by atoms with Crippen LogP contribution in [0.3, 0.4) is 0 Å². The first kappa shape index (κ1) is 21.2. The molecule has 0 aromatic heterocycles. The van der Waals surface area contributed by atoms with E-state index >= 15 is 0 Å². The summed E-state index contributed by atoms with van der Waals surface area (Å²) in [6.07, 6.45) is 10.9. The van der Waals surface area contributed by atoms with Gasteiger partial charge in [-0.05, 0) is 98.7 Å². The first-order valence-electron chi connectivity index (χ1n) is 13.4. The molecular weight excluding hydrogens is 384 g/mol. The minimum Gasteiger partial charge on any atom is -0.393 e. The van der Waals surface area contributed by atoms with Gasteiger partial charge in [0, 0.05) is 12.3 Å². The highest BCUT2D eigenvalue weighted by atomic mass is 16.7. The van der Waals surface area contributed by atoms with Crippen LogP contribution in [0.4, 0.5) is 0 Å². The van der Waals surface area contributed by atoms with Crippen molar-refractivity contribution in [2.75, 3.05) is 6.61 Å². The largest absolute Gasteiger partial charge is 0.393 e. The Morgan fingerprint density at radius 2 is 1.77 bits per heavy atom. The molecule has 2 heterocycles. The zero-order valence-electron chi connectivity index (χ0n) is 20.5. The SMILES string of the molecule is CC1=C2C[C@@H](O)CC[C@]2(C)C2CC[C@@]3(C)C(C[C@@H]4OC5(CCC(C)CO5)C(C)C43)C2C1. The molecule has 0 amide bonds. The van der Waals surface area contributed by atoms with Gasteiger partial charge in [-0.25, -0.2) is 0 Å². The molecule has 4 aliphatic carbocycles. The van der Waals surface area contributed by atoms with Crippen molar-refractivity contribution < 1.29 is 14.6 Å². The first-order valence-corrected chi connectivity index (χ1v) is 13.4. The Labute approximate surface area is 189 Å². The third-order valence-electron chi connectivity index (χ3n) is 11.7. The Kier molecular flexibility index (Phi) is 4.66. The summed E-state index contributed by atoms with van der Waals surface area (Å²) in [5, 5.41) is 10.4. The van der Waals surface area contributed by atoms with E-state index in [2.05, 4.69) is 34.6 Å². The van der Waals surface area contributed by atoms with Gasteiger partial charge in [0.25, 0.3) is 0 Å². The molecule has 2 aliphatic heterocycles. The molecule has 1 N–H and O–H groups in total. The van der Waals surface area contributed by atoms with Gasteiger partial charge in [-0.15, -0.1) is 0 Å². The van der Waals surface area contributed by atoms with Crippen molar-refractivity contribution in [1.29, 1.82) is 0 Å². The standard InChI is InChI=1S/C28H44O3/c1-16-6-11-28(30-15-16)18(3)25-24(31-28)14-23-20-12-17(2)22-13-19(29)7-9-26(22,4)21(20)8-10-27(23,25)5/h16,18-21,23-25,29H,6-15H2,1-5H3/t16?,18?,19-,20?,21?,23?,24-,25?,26+,27-,28?/m0/s1. The second-order valence-corrected chi connectivity index (χ2v) is 13.2. The second kappa shape index (κ2) is 6.83. The Balaban J connectivity index is 1.30. The van der Waals surface area contributed by atoms with Gasteiger partial charge < -0.3 is 14.6 Å². The molecule has 11 atom stereocenters. The van der Waals surface area contributed by atoms with Crippen molar-refractivity contribution >= 4 is 0 Å². The van der Waals surface area contributed by atoms with Gasteiger partial charge in [0.2, 0.25) is 0 Å². The summed E-state index contributed by atoms with van der Waals surface area (Å²) in [4.78, 5) is 0. The number of rotatable bonds is 0. The second-order valence-electron chi connectivity index (χ2n) is 13.2. The third kappa shape index (κ3) is 2.75. The summed E-state index contributed by atoms with van der Waals surface area (Å²) in [6, 6.07) is 0. The Morgan fingerprint density at radius 1 is 0.968 bits per heavy atom. The lowest BCUT2D eigenvalue weighted by Gasteiger charge is -2.59. The molecule has 0 aromatic rings. The summed E-state index contributed by atoms with van der Waals surface area (Å²) in [6.45, 7) is 13.2. The van der Waals surface area contributed by atoms with Gasteiger partial charge in [0.15, 0.2) is 5.79 Å². The molecule has 6 rings (SSSR count). The molecule has 0 radical (unpaired) electrons. The molecule has 7 unspecified atom stereocenters. The summed E-state index contributed by atoms with van der Waals surface area (Å²) in [5.41, 5.74) is 3.95.